The number of alkyl halides is 1. The van der Waals surface area contributed by atoms with Crippen LogP contribution in [0.4, 0.5) is 0 Å². The Hall–Kier alpha value is -2.86. The van der Waals surface area contributed by atoms with E-state index in [-0.39, 0.29) is 17.8 Å². The van der Waals surface area contributed by atoms with Crippen molar-refractivity contribution in [1.29, 1.82) is 10.5 Å². The molecule has 0 saturated carbocycles. The second-order valence-corrected chi connectivity index (χ2v) is 6.84. The Morgan fingerprint density at radius 3 is 2.60 bits per heavy atom. The summed E-state index contributed by atoms with van der Waals surface area (Å²) < 4.78 is 0.941. The summed E-state index contributed by atoms with van der Waals surface area (Å²) in [6.45, 7) is 0. The predicted octanol–water partition coefficient (Wildman–Crippen LogP) is 4.92. The fourth-order valence-electron chi connectivity index (χ4n) is 2.48. The van der Waals surface area contributed by atoms with Crippen LogP contribution in [0.25, 0.3) is 21.5 Å². The van der Waals surface area contributed by atoms with Crippen molar-refractivity contribution in [2.24, 2.45) is 0 Å². The van der Waals surface area contributed by atoms with Gasteiger partial charge in [-0.1, -0.05) is 36.4 Å². The zero-order valence-corrected chi connectivity index (χ0v) is 14.6. The minimum Gasteiger partial charge on any atom is -0.506 e. The summed E-state index contributed by atoms with van der Waals surface area (Å²) in [7, 11) is 0. The van der Waals surface area contributed by atoms with E-state index in [4.69, 9.17) is 16.9 Å². The van der Waals surface area contributed by atoms with Gasteiger partial charge in [-0.25, -0.2) is 4.98 Å². The predicted molar refractivity (Wildman–Crippen MR) is 100 cm³/mol. The molecule has 4 nitrogen and oxygen atoms in total. The van der Waals surface area contributed by atoms with Gasteiger partial charge in [-0.15, -0.1) is 22.9 Å². The molecule has 0 fully saturated rings. The lowest BCUT2D eigenvalue weighted by Gasteiger charge is -2.10. The van der Waals surface area contributed by atoms with Crippen molar-refractivity contribution in [3.05, 3.63) is 64.7 Å². The summed E-state index contributed by atoms with van der Waals surface area (Å²) in [5, 5.41) is 29.0. The molecule has 1 N–H and O–H groups in total. The fourth-order valence-corrected chi connectivity index (χ4v) is 3.61. The van der Waals surface area contributed by atoms with Gasteiger partial charge in [0.15, 0.2) is 0 Å². The maximum absolute atomic E-state index is 10.7. The van der Waals surface area contributed by atoms with Gasteiger partial charge < -0.3 is 5.11 Å². The second kappa shape index (κ2) is 7.36. The van der Waals surface area contributed by atoms with Crippen LogP contribution in [0.1, 0.15) is 16.1 Å². The molecule has 0 radical (unpaired) electrons. The Morgan fingerprint density at radius 2 is 1.88 bits per heavy atom. The number of fused-ring (bicyclic) bond motifs is 1. The van der Waals surface area contributed by atoms with E-state index in [1.807, 2.05) is 30.3 Å². The second-order valence-electron chi connectivity index (χ2n) is 5.28. The number of hydrogen-bond acceptors (Lipinski definition) is 5. The van der Waals surface area contributed by atoms with Crippen LogP contribution in [-0.4, -0.2) is 15.5 Å². The molecule has 3 rings (SSSR count). The van der Waals surface area contributed by atoms with E-state index in [1.54, 1.807) is 24.3 Å². The summed E-state index contributed by atoms with van der Waals surface area (Å²) in [6.07, 6.45) is 0.275. The molecule has 0 saturated heterocycles. The van der Waals surface area contributed by atoms with Crippen LogP contribution in [0.3, 0.4) is 0 Å². The molecule has 6 heteroatoms. The van der Waals surface area contributed by atoms with Gasteiger partial charge in [0.25, 0.3) is 0 Å². The van der Waals surface area contributed by atoms with Crippen molar-refractivity contribution in [3.8, 4) is 12.1 Å². The van der Waals surface area contributed by atoms with E-state index < -0.39 is 5.38 Å². The van der Waals surface area contributed by atoms with Crippen LogP contribution in [0.15, 0.2) is 48.5 Å². The van der Waals surface area contributed by atoms with Gasteiger partial charge in [0, 0.05) is 12.0 Å². The molecule has 2 aromatic carbocycles. The van der Waals surface area contributed by atoms with Gasteiger partial charge in [0.1, 0.15) is 27.8 Å². The quantitative estimate of drug-likeness (QED) is 0.404. The zero-order valence-electron chi connectivity index (χ0n) is 13.0. The lowest BCUT2D eigenvalue weighted by molar-refractivity contribution is 0.513. The summed E-state index contributed by atoms with van der Waals surface area (Å²) in [5.41, 5.74) is 2.08. The monoisotopic (exact) mass is 365 g/mol. The van der Waals surface area contributed by atoms with Crippen LogP contribution >= 0.6 is 22.9 Å². The number of rotatable bonds is 4. The third-order valence-electron chi connectivity index (χ3n) is 3.67. The number of para-hydroxylation sites is 1. The van der Waals surface area contributed by atoms with E-state index in [1.165, 1.54) is 11.3 Å². The topological polar surface area (TPSA) is 80.7 Å². The number of nitrogens with zero attached hydrogens (tertiary/aromatic N) is 3. The lowest BCUT2D eigenvalue weighted by atomic mass is 9.99. The Labute approximate surface area is 153 Å². The van der Waals surface area contributed by atoms with Crippen LogP contribution in [0, 0.1) is 22.7 Å². The van der Waals surface area contributed by atoms with Gasteiger partial charge in [-0.05, 0) is 17.7 Å². The first-order valence-electron chi connectivity index (χ1n) is 7.45. The van der Waals surface area contributed by atoms with Gasteiger partial charge in [0.05, 0.1) is 16.3 Å². The largest absolute Gasteiger partial charge is 0.506 e. The normalized spacial score (nSPS) is 12.9. The molecule has 3 aromatic rings. The first kappa shape index (κ1) is 17.0. The Kier molecular flexibility index (Phi) is 5.00. The maximum atomic E-state index is 10.7. The summed E-state index contributed by atoms with van der Waals surface area (Å²) in [6, 6.07) is 18.6. The van der Waals surface area contributed by atoms with E-state index in [0.29, 0.717) is 16.1 Å². The van der Waals surface area contributed by atoms with E-state index >= 15 is 0 Å². The number of aromatic nitrogens is 1. The number of halogens is 1. The highest BCUT2D eigenvalue weighted by Crippen LogP contribution is 2.32. The average molecular weight is 366 g/mol. The van der Waals surface area contributed by atoms with Gasteiger partial charge in [-0.3, -0.25) is 0 Å². The van der Waals surface area contributed by atoms with Crippen LogP contribution in [-0.2, 0) is 6.42 Å². The molecule has 1 atom stereocenters. The van der Waals surface area contributed by atoms with Crippen LogP contribution in [0.5, 0.6) is 0 Å². The zero-order chi connectivity index (χ0) is 17.8. The van der Waals surface area contributed by atoms with Crippen LogP contribution in [0.2, 0.25) is 0 Å². The standard InChI is InChI=1S/C19H12ClN3OS/c20-13(10-21)9-12-5-1-2-6-14(12)18(24)15(11-22)19-23-16-7-3-4-8-17(16)25-19/h1-8,13,24H,9H2. The highest BCUT2D eigenvalue weighted by molar-refractivity contribution is 7.19. The van der Waals surface area contributed by atoms with Crippen molar-refractivity contribution in [3.63, 3.8) is 0 Å². The first-order valence-corrected chi connectivity index (χ1v) is 8.70. The highest BCUT2D eigenvalue weighted by atomic mass is 35.5. The molecule has 0 amide bonds. The summed E-state index contributed by atoms with van der Waals surface area (Å²) in [5.74, 6) is -0.154. The number of thiazole rings is 1. The minimum atomic E-state index is -0.707. The number of hydrogen-bond donors (Lipinski definition) is 1. The molecule has 122 valence electrons. The van der Waals surface area contributed by atoms with Gasteiger partial charge >= 0.3 is 0 Å². The van der Waals surface area contributed by atoms with Crippen molar-refractivity contribution in [2.45, 2.75) is 11.8 Å². The van der Waals surface area contributed by atoms with Crippen molar-refractivity contribution >= 4 is 44.5 Å². The molecule has 0 aliphatic heterocycles. The molecule has 1 heterocycles. The molecular weight excluding hydrogens is 354 g/mol. The van der Waals surface area contributed by atoms with Crippen molar-refractivity contribution in [2.75, 3.05) is 0 Å². The number of allylic oxidation sites excluding steroid dienone is 1. The van der Waals surface area contributed by atoms with Gasteiger partial charge in [0.2, 0.25) is 0 Å². The fraction of sp³-hybridized carbons (Fsp3) is 0.105. The van der Waals surface area contributed by atoms with E-state index in [0.717, 1.165) is 10.2 Å². The SMILES string of the molecule is N#CC(=C(O)c1ccccc1CC(Cl)C#N)c1nc2ccccc2s1. The van der Waals surface area contributed by atoms with E-state index in [2.05, 4.69) is 11.1 Å². The molecule has 1 aromatic heterocycles. The number of aliphatic hydroxyl groups is 1. The Morgan fingerprint density at radius 1 is 1.16 bits per heavy atom. The van der Waals surface area contributed by atoms with Crippen LogP contribution < -0.4 is 0 Å². The smallest absolute Gasteiger partial charge is 0.143 e. The molecule has 0 aliphatic rings. The minimum absolute atomic E-state index is 0.108. The Balaban J connectivity index is 2.12. The highest BCUT2D eigenvalue weighted by Gasteiger charge is 2.18. The molecule has 0 spiro atoms. The number of nitriles is 2. The average Bonchev–Trinajstić information content (AvgIpc) is 3.06. The third kappa shape index (κ3) is 3.49. The number of benzene rings is 2. The molecule has 25 heavy (non-hydrogen) atoms. The van der Waals surface area contributed by atoms with Crippen molar-refractivity contribution in [1.82, 2.24) is 4.98 Å². The van der Waals surface area contributed by atoms with E-state index in [9.17, 15) is 10.4 Å². The molecule has 0 aliphatic carbocycles. The summed E-state index contributed by atoms with van der Waals surface area (Å²) >= 11 is 7.27. The number of aliphatic hydroxyl groups excluding tert-OH is 1. The molecule has 1 unspecified atom stereocenters. The first-order chi connectivity index (χ1) is 12.1. The molecular formula is C19H12ClN3OS. The molecule has 0 bridgehead atoms. The van der Waals surface area contributed by atoms with Gasteiger partial charge in [-0.2, -0.15) is 10.5 Å². The third-order valence-corrected chi connectivity index (χ3v) is 4.97. The summed E-state index contributed by atoms with van der Waals surface area (Å²) in [4.78, 5) is 4.44. The van der Waals surface area contributed by atoms with Crippen molar-refractivity contribution < 1.29 is 5.11 Å². The Bertz CT molecular complexity index is 1010. The maximum Gasteiger partial charge on any atom is 0.143 e. The lowest BCUT2D eigenvalue weighted by Crippen LogP contribution is -2.03.